The number of benzene rings is 1. The number of nitrogens with one attached hydrogen (secondary N) is 1. The smallest absolute Gasteiger partial charge is 0.328 e. The van der Waals surface area contributed by atoms with Crippen LogP contribution in [-0.4, -0.2) is 30.0 Å². The summed E-state index contributed by atoms with van der Waals surface area (Å²) in [5.74, 6) is -2.64. The molecule has 7 nitrogen and oxygen atoms in total. The minimum atomic E-state index is -1.00. The van der Waals surface area contributed by atoms with E-state index in [-0.39, 0.29) is 12.3 Å². The second-order valence-corrected chi connectivity index (χ2v) is 4.68. The number of halogens is 1. The van der Waals surface area contributed by atoms with Crippen LogP contribution in [0.1, 0.15) is 31.7 Å². The monoisotopic (exact) mass is 312 g/mol. The molecule has 0 aliphatic heterocycles. The molecule has 0 saturated carbocycles. The van der Waals surface area contributed by atoms with E-state index in [0.29, 0.717) is 5.56 Å². The van der Waals surface area contributed by atoms with Crippen molar-refractivity contribution in [1.82, 2.24) is 5.32 Å². The Labute approximate surface area is 126 Å². The van der Waals surface area contributed by atoms with Crippen molar-refractivity contribution in [3.05, 3.63) is 39.7 Å². The van der Waals surface area contributed by atoms with Gasteiger partial charge in [0.05, 0.1) is 12.0 Å². The van der Waals surface area contributed by atoms with Gasteiger partial charge in [-0.15, -0.1) is 0 Å². The van der Waals surface area contributed by atoms with Gasteiger partial charge < -0.3 is 10.1 Å². The van der Waals surface area contributed by atoms with Crippen molar-refractivity contribution < 1.29 is 23.6 Å². The topological polar surface area (TPSA) is 98.5 Å². The highest BCUT2D eigenvalue weighted by Gasteiger charge is 2.29. The molecule has 1 amide bonds. The summed E-state index contributed by atoms with van der Waals surface area (Å²) in [6.45, 7) is 3.22. The molecule has 1 aromatic carbocycles. The van der Waals surface area contributed by atoms with E-state index in [1.807, 2.05) is 0 Å². The van der Waals surface area contributed by atoms with Crippen LogP contribution < -0.4 is 5.32 Å². The van der Waals surface area contributed by atoms with E-state index < -0.39 is 34.4 Å². The van der Waals surface area contributed by atoms with Crippen molar-refractivity contribution >= 4 is 17.6 Å². The molecule has 0 unspecified atom stereocenters. The van der Waals surface area contributed by atoms with Gasteiger partial charge in [-0.2, -0.15) is 4.39 Å². The third-order valence-electron chi connectivity index (χ3n) is 3.29. The molecule has 0 aromatic heterocycles. The van der Waals surface area contributed by atoms with E-state index >= 15 is 0 Å². The first kappa shape index (κ1) is 17.5. The zero-order valence-corrected chi connectivity index (χ0v) is 12.5. The predicted octanol–water partition coefficient (Wildman–Crippen LogP) is 1.91. The van der Waals surface area contributed by atoms with Crippen LogP contribution in [0.5, 0.6) is 0 Å². The molecule has 22 heavy (non-hydrogen) atoms. The number of ether oxygens (including phenoxy) is 1. The van der Waals surface area contributed by atoms with E-state index in [2.05, 4.69) is 10.1 Å². The van der Waals surface area contributed by atoms with Crippen LogP contribution in [0.4, 0.5) is 10.1 Å². The van der Waals surface area contributed by atoms with E-state index in [4.69, 9.17) is 0 Å². The number of nitro groups is 1. The van der Waals surface area contributed by atoms with Gasteiger partial charge in [-0.25, -0.2) is 4.79 Å². The Morgan fingerprint density at radius 2 is 2.09 bits per heavy atom. The Bertz CT molecular complexity index is 591. The van der Waals surface area contributed by atoms with Crippen LogP contribution in [0.2, 0.25) is 0 Å². The zero-order valence-electron chi connectivity index (χ0n) is 12.5. The van der Waals surface area contributed by atoms with Gasteiger partial charge in [-0.05, 0) is 11.6 Å². The van der Waals surface area contributed by atoms with Crippen LogP contribution >= 0.6 is 0 Å². The first-order valence-corrected chi connectivity index (χ1v) is 6.62. The molecule has 0 fully saturated rings. The lowest BCUT2D eigenvalue weighted by atomic mass is 9.92. The number of nitrogens with zero attached hydrogens (tertiary/aromatic N) is 1. The summed E-state index contributed by atoms with van der Waals surface area (Å²) >= 11 is 0. The fourth-order valence-corrected chi connectivity index (χ4v) is 1.94. The number of hydrogen-bond donors (Lipinski definition) is 1. The minimum Gasteiger partial charge on any atom is -0.467 e. The van der Waals surface area contributed by atoms with Crippen molar-refractivity contribution in [3.63, 3.8) is 0 Å². The fraction of sp³-hybridized carbons (Fsp3) is 0.429. The number of amides is 1. The Morgan fingerprint density at radius 3 is 2.55 bits per heavy atom. The van der Waals surface area contributed by atoms with Crippen molar-refractivity contribution in [1.29, 1.82) is 0 Å². The standard InChI is InChI=1S/C14H17FN2O5/c1-4-12(18)16-13(14(19)22-3)8(2)9-5-6-11(17(20)21)10(15)7-9/h5-8,13H,4H2,1-3H3,(H,16,18)/t8-,13+/m0/s1. The fourth-order valence-electron chi connectivity index (χ4n) is 1.94. The number of carbonyl (C=O) groups excluding carboxylic acids is 2. The Kier molecular flexibility index (Phi) is 5.97. The van der Waals surface area contributed by atoms with Crippen LogP contribution in [-0.2, 0) is 14.3 Å². The molecule has 1 aromatic rings. The molecule has 120 valence electrons. The summed E-state index contributed by atoms with van der Waals surface area (Å²) in [5, 5.41) is 13.1. The number of rotatable bonds is 6. The quantitative estimate of drug-likeness (QED) is 0.491. The molecule has 1 rings (SSSR count). The van der Waals surface area contributed by atoms with Crippen molar-refractivity contribution in [2.45, 2.75) is 32.2 Å². The number of methoxy groups -OCH3 is 1. The predicted molar refractivity (Wildman–Crippen MR) is 75.7 cm³/mol. The van der Waals surface area contributed by atoms with Crippen LogP contribution in [0, 0.1) is 15.9 Å². The maximum atomic E-state index is 13.7. The largest absolute Gasteiger partial charge is 0.467 e. The molecule has 0 heterocycles. The van der Waals surface area contributed by atoms with Gasteiger partial charge in [0.25, 0.3) is 0 Å². The number of esters is 1. The third-order valence-corrected chi connectivity index (χ3v) is 3.29. The summed E-state index contributed by atoms with van der Waals surface area (Å²) in [4.78, 5) is 33.1. The number of nitro benzene ring substituents is 1. The highest BCUT2D eigenvalue weighted by atomic mass is 19.1. The second-order valence-electron chi connectivity index (χ2n) is 4.68. The lowest BCUT2D eigenvalue weighted by Gasteiger charge is -2.23. The molecule has 0 saturated heterocycles. The Hall–Kier alpha value is -2.51. The molecule has 0 aliphatic carbocycles. The van der Waals surface area contributed by atoms with E-state index in [0.717, 1.165) is 12.1 Å². The number of hydrogen-bond acceptors (Lipinski definition) is 5. The maximum absolute atomic E-state index is 13.7. The lowest BCUT2D eigenvalue weighted by Crippen LogP contribution is -2.44. The molecule has 8 heteroatoms. The van der Waals surface area contributed by atoms with Gasteiger partial charge in [0.1, 0.15) is 6.04 Å². The van der Waals surface area contributed by atoms with Gasteiger partial charge in [0, 0.05) is 18.4 Å². The van der Waals surface area contributed by atoms with Crippen LogP contribution in [0.3, 0.4) is 0 Å². The molecule has 0 bridgehead atoms. The van der Waals surface area contributed by atoms with Gasteiger partial charge in [0.2, 0.25) is 11.7 Å². The summed E-state index contributed by atoms with van der Waals surface area (Å²) in [7, 11) is 1.18. The summed E-state index contributed by atoms with van der Waals surface area (Å²) in [6.07, 6.45) is 0.175. The highest BCUT2D eigenvalue weighted by Crippen LogP contribution is 2.25. The first-order valence-electron chi connectivity index (χ1n) is 6.62. The molecule has 2 atom stereocenters. The average molecular weight is 312 g/mol. The van der Waals surface area contributed by atoms with Crippen molar-refractivity contribution in [2.75, 3.05) is 7.11 Å². The molecule has 0 radical (unpaired) electrons. The van der Waals surface area contributed by atoms with Crippen LogP contribution in [0.25, 0.3) is 0 Å². The molecular formula is C14H17FN2O5. The van der Waals surface area contributed by atoms with E-state index in [9.17, 15) is 24.1 Å². The van der Waals surface area contributed by atoms with E-state index in [1.165, 1.54) is 13.2 Å². The van der Waals surface area contributed by atoms with Gasteiger partial charge in [-0.3, -0.25) is 14.9 Å². The van der Waals surface area contributed by atoms with Gasteiger partial charge >= 0.3 is 11.7 Å². The number of carbonyl (C=O) groups is 2. The summed E-state index contributed by atoms with van der Waals surface area (Å²) in [5.41, 5.74) is -0.307. The Balaban J connectivity index is 3.10. The Morgan fingerprint density at radius 1 is 1.45 bits per heavy atom. The highest BCUT2D eigenvalue weighted by molar-refractivity contribution is 5.85. The zero-order chi connectivity index (χ0) is 16.9. The maximum Gasteiger partial charge on any atom is 0.328 e. The normalized spacial score (nSPS) is 13.1. The molecular weight excluding hydrogens is 295 g/mol. The van der Waals surface area contributed by atoms with Crippen molar-refractivity contribution in [2.24, 2.45) is 0 Å². The lowest BCUT2D eigenvalue weighted by molar-refractivity contribution is -0.387. The second kappa shape index (κ2) is 7.48. The van der Waals surface area contributed by atoms with Crippen LogP contribution in [0.15, 0.2) is 18.2 Å². The summed E-state index contributed by atoms with van der Waals surface area (Å²) in [6, 6.07) is 2.35. The molecule has 1 N–H and O–H groups in total. The van der Waals surface area contributed by atoms with E-state index in [1.54, 1.807) is 13.8 Å². The van der Waals surface area contributed by atoms with Gasteiger partial charge in [0.15, 0.2) is 0 Å². The SMILES string of the molecule is CCC(=O)N[C@@H](C(=O)OC)[C@@H](C)c1ccc([N+](=O)[O-])c(F)c1. The molecule has 0 aliphatic rings. The van der Waals surface area contributed by atoms with Gasteiger partial charge in [-0.1, -0.05) is 19.9 Å². The average Bonchev–Trinajstić information content (AvgIpc) is 2.50. The minimum absolute atomic E-state index is 0.175. The molecule has 0 spiro atoms. The summed E-state index contributed by atoms with van der Waals surface area (Å²) < 4.78 is 18.3. The van der Waals surface area contributed by atoms with Crippen molar-refractivity contribution in [3.8, 4) is 0 Å². The third kappa shape index (κ3) is 4.00. The first-order chi connectivity index (χ1) is 10.3.